The van der Waals surface area contributed by atoms with E-state index in [0.717, 1.165) is 0 Å². The van der Waals surface area contributed by atoms with Crippen LogP contribution in [0.5, 0.6) is 0 Å². The molecule has 0 heterocycles. The molecule has 0 aliphatic carbocycles. The summed E-state index contributed by atoms with van der Waals surface area (Å²) >= 11 is 0. The molecule has 0 aromatic rings. The van der Waals surface area contributed by atoms with Crippen molar-refractivity contribution in [2.24, 2.45) is 0 Å². The van der Waals surface area contributed by atoms with Gasteiger partial charge in [-0.25, -0.2) is 0 Å². The molecule has 0 aliphatic rings. The Morgan fingerprint density at radius 3 is 1.08 bits per heavy atom. The topological polar surface area (TPSA) is 254 Å². The average molecular weight is 450 g/mol. The summed E-state index contributed by atoms with van der Waals surface area (Å²) in [5.41, 5.74) is 0. The second kappa shape index (κ2) is 9.64. The Hall–Kier alpha value is 0.520. The third-order valence-electron chi connectivity index (χ3n) is 2.75. The molecule has 0 aromatic heterocycles. The van der Waals surface area contributed by atoms with Crippen molar-refractivity contribution < 1.29 is 57.4 Å². The fourth-order valence-corrected chi connectivity index (χ4v) is 6.53. The smallest absolute Gasteiger partial charge is 0.324 e. The van der Waals surface area contributed by atoms with Crippen LogP contribution in [-0.4, -0.2) is 76.1 Å². The highest BCUT2D eigenvalue weighted by Crippen LogP contribution is 2.48. The quantitative estimate of drug-likeness (QED) is 0.113. The van der Waals surface area contributed by atoms with Crippen LogP contribution < -0.4 is 10.6 Å². The summed E-state index contributed by atoms with van der Waals surface area (Å²) in [5, 5.41) is 4.47. The SMILES string of the molecule is O=P(O)(O)CC(NCCCNC(CP(=O)(O)O)P(=O)(O)O)P(=O)(O)O. The second-order valence-electron chi connectivity index (χ2n) is 5.17. The molecule has 0 radical (unpaired) electrons. The largest absolute Gasteiger partial charge is 0.342 e. The molecule has 0 spiro atoms. The van der Waals surface area contributed by atoms with Gasteiger partial charge in [-0.1, -0.05) is 0 Å². The molecule has 18 heteroatoms. The van der Waals surface area contributed by atoms with Crippen molar-refractivity contribution in [2.45, 2.75) is 18.0 Å². The van der Waals surface area contributed by atoms with Crippen molar-refractivity contribution >= 4 is 30.4 Å². The molecule has 152 valence electrons. The van der Waals surface area contributed by atoms with Gasteiger partial charge in [0.25, 0.3) is 0 Å². The zero-order valence-corrected chi connectivity index (χ0v) is 16.3. The van der Waals surface area contributed by atoms with E-state index in [4.69, 9.17) is 39.1 Å². The molecule has 14 nitrogen and oxygen atoms in total. The van der Waals surface area contributed by atoms with E-state index in [1.165, 1.54) is 0 Å². The minimum Gasteiger partial charge on any atom is -0.324 e. The van der Waals surface area contributed by atoms with Gasteiger partial charge in [0.15, 0.2) is 0 Å². The van der Waals surface area contributed by atoms with Gasteiger partial charge < -0.3 is 49.8 Å². The van der Waals surface area contributed by atoms with Gasteiger partial charge in [-0.2, -0.15) is 0 Å². The highest BCUT2D eigenvalue weighted by Gasteiger charge is 2.35. The van der Waals surface area contributed by atoms with Crippen LogP contribution in [0.1, 0.15) is 6.42 Å². The van der Waals surface area contributed by atoms with Crippen LogP contribution in [0.15, 0.2) is 0 Å². The summed E-state index contributed by atoms with van der Waals surface area (Å²) in [5.74, 6) is -3.61. The molecular formula is C7H22N2O12P4. The van der Waals surface area contributed by atoms with Gasteiger partial charge in [-0.05, 0) is 19.5 Å². The van der Waals surface area contributed by atoms with Gasteiger partial charge in [0.2, 0.25) is 0 Å². The van der Waals surface area contributed by atoms with E-state index in [-0.39, 0.29) is 19.5 Å². The molecule has 2 unspecified atom stereocenters. The first-order valence-corrected chi connectivity index (χ1v) is 13.5. The summed E-state index contributed by atoms with van der Waals surface area (Å²) < 4.78 is 44.0. The summed E-state index contributed by atoms with van der Waals surface area (Å²) in [6.07, 6.45) is -2.21. The van der Waals surface area contributed by atoms with Crippen LogP contribution in [0.25, 0.3) is 0 Å². The van der Waals surface area contributed by atoms with Crippen LogP contribution in [0, 0.1) is 0 Å². The summed E-state index contributed by atoms with van der Waals surface area (Å²) in [6, 6.07) is 0. The van der Waals surface area contributed by atoms with Crippen LogP contribution in [-0.2, 0) is 18.3 Å². The lowest BCUT2D eigenvalue weighted by atomic mass is 10.4. The predicted octanol–water partition coefficient (Wildman–Crippen LogP) is -2.08. The Labute approximate surface area is 142 Å². The van der Waals surface area contributed by atoms with Crippen molar-refractivity contribution in [1.82, 2.24) is 10.6 Å². The maximum atomic E-state index is 11.2. The van der Waals surface area contributed by atoms with Gasteiger partial charge in [0.05, 0.1) is 12.3 Å². The van der Waals surface area contributed by atoms with Crippen LogP contribution in [0.4, 0.5) is 0 Å². The molecule has 0 aliphatic heterocycles. The Kier molecular flexibility index (Phi) is 9.84. The number of hydrogen-bond acceptors (Lipinski definition) is 6. The summed E-state index contributed by atoms with van der Waals surface area (Å²) in [6.45, 7) is -0.376. The highest BCUT2D eigenvalue weighted by atomic mass is 31.2. The molecule has 0 amide bonds. The van der Waals surface area contributed by atoms with Gasteiger partial charge in [0, 0.05) is 0 Å². The Balaban J connectivity index is 4.53. The molecule has 0 bridgehead atoms. The highest BCUT2D eigenvalue weighted by molar-refractivity contribution is 7.57. The molecule has 10 N–H and O–H groups in total. The molecule has 0 rings (SSSR count). The van der Waals surface area contributed by atoms with E-state index >= 15 is 0 Å². The van der Waals surface area contributed by atoms with Crippen molar-refractivity contribution in [3.63, 3.8) is 0 Å². The van der Waals surface area contributed by atoms with Crippen LogP contribution in [0.3, 0.4) is 0 Å². The van der Waals surface area contributed by atoms with E-state index in [1.54, 1.807) is 0 Å². The Morgan fingerprint density at radius 2 is 0.880 bits per heavy atom. The lowest BCUT2D eigenvalue weighted by molar-refractivity contribution is 0.332. The maximum Gasteiger partial charge on any atom is 0.342 e. The Bertz CT molecular complexity index is 551. The first-order chi connectivity index (χ1) is 10.9. The number of rotatable bonds is 12. The third kappa shape index (κ3) is 13.4. The van der Waals surface area contributed by atoms with Gasteiger partial charge in [-0.3, -0.25) is 18.3 Å². The molecule has 0 saturated heterocycles. The molecule has 0 fully saturated rings. The minimum absolute atomic E-state index is 0.00465. The summed E-state index contributed by atoms with van der Waals surface area (Å²) in [4.78, 5) is 71.2. The van der Waals surface area contributed by atoms with Gasteiger partial charge in [-0.15, -0.1) is 0 Å². The fraction of sp³-hybridized carbons (Fsp3) is 1.00. The van der Waals surface area contributed by atoms with E-state index in [9.17, 15) is 18.3 Å². The summed E-state index contributed by atoms with van der Waals surface area (Å²) in [7, 11) is -19.1. The first kappa shape index (κ1) is 25.5. The van der Waals surface area contributed by atoms with Crippen molar-refractivity contribution in [1.29, 1.82) is 0 Å². The third-order valence-corrected chi connectivity index (χ3v) is 7.36. The predicted molar refractivity (Wildman–Crippen MR) is 86.1 cm³/mol. The minimum atomic E-state index is -4.85. The molecule has 0 saturated carbocycles. The van der Waals surface area contributed by atoms with E-state index in [1.807, 2.05) is 0 Å². The molecular weight excluding hydrogens is 428 g/mol. The molecule has 2 atom stereocenters. The Morgan fingerprint density at radius 1 is 0.600 bits per heavy atom. The second-order valence-corrected chi connectivity index (χ2v) is 12.2. The van der Waals surface area contributed by atoms with E-state index in [2.05, 4.69) is 10.6 Å². The first-order valence-electron chi connectivity index (χ1n) is 6.58. The van der Waals surface area contributed by atoms with Crippen LogP contribution >= 0.6 is 30.4 Å². The monoisotopic (exact) mass is 450 g/mol. The van der Waals surface area contributed by atoms with Crippen molar-refractivity contribution in [3.8, 4) is 0 Å². The number of nitrogens with one attached hydrogen (secondary N) is 2. The van der Waals surface area contributed by atoms with Gasteiger partial charge >= 0.3 is 30.4 Å². The van der Waals surface area contributed by atoms with Crippen molar-refractivity contribution in [3.05, 3.63) is 0 Å². The lowest BCUT2D eigenvalue weighted by Crippen LogP contribution is -2.37. The molecule has 0 aromatic carbocycles. The number of hydrogen-bond donors (Lipinski definition) is 10. The maximum absolute atomic E-state index is 11.2. The fourth-order valence-electron chi connectivity index (χ4n) is 1.66. The zero-order chi connectivity index (χ0) is 20.1. The zero-order valence-electron chi connectivity index (χ0n) is 12.7. The van der Waals surface area contributed by atoms with Crippen molar-refractivity contribution in [2.75, 3.05) is 25.4 Å². The van der Waals surface area contributed by atoms with Crippen LogP contribution in [0.2, 0.25) is 0 Å². The van der Waals surface area contributed by atoms with E-state index < -0.39 is 54.3 Å². The normalized spacial score (nSPS) is 16.6. The van der Waals surface area contributed by atoms with Gasteiger partial charge in [0.1, 0.15) is 11.6 Å². The standard InChI is InChI=1S/C7H22N2O12P4/c10-22(11,12)4-6(24(16,17)18)8-2-1-3-9-7(25(19,20)21)5-23(13,14)15/h6-9H,1-5H2,(H2,10,11,12)(H2,13,14,15)(H2,16,17,18)(H2,19,20,21). The molecule has 25 heavy (non-hydrogen) atoms. The average Bonchev–Trinajstić information content (AvgIpc) is 2.30. The van der Waals surface area contributed by atoms with E-state index in [0.29, 0.717) is 0 Å². The lowest BCUT2D eigenvalue weighted by Gasteiger charge is -2.22.